The first-order chi connectivity index (χ1) is 10.7. The molecule has 1 aliphatic rings. The van der Waals surface area contributed by atoms with Crippen molar-refractivity contribution >= 4 is 11.9 Å². The molecule has 0 unspecified atom stereocenters. The summed E-state index contributed by atoms with van der Waals surface area (Å²) < 4.78 is 10.1. The molecule has 0 N–H and O–H groups in total. The van der Waals surface area contributed by atoms with Gasteiger partial charge in [0.1, 0.15) is 0 Å². The maximum atomic E-state index is 12.3. The summed E-state index contributed by atoms with van der Waals surface area (Å²) in [5, 5.41) is 0. The third kappa shape index (κ3) is 3.97. The Hall–Kier alpha value is -2.10. The highest BCUT2D eigenvalue weighted by Crippen LogP contribution is 2.31. The van der Waals surface area contributed by atoms with E-state index in [2.05, 4.69) is 6.92 Å². The molecule has 0 saturated carbocycles. The van der Waals surface area contributed by atoms with Crippen LogP contribution >= 0.6 is 0 Å². The summed E-state index contributed by atoms with van der Waals surface area (Å²) in [6.07, 6.45) is 4.17. The number of ether oxygens (including phenoxy) is 2. The fourth-order valence-electron chi connectivity index (χ4n) is 2.74. The van der Waals surface area contributed by atoms with Crippen LogP contribution in [0.25, 0.3) is 0 Å². The molecule has 0 radical (unpaired) electrons. The Labute approximate surface area is 131 Å². The van der Waals surface area contributed by atoms with Crippen LogP contribution in [-0.4, -0.2) is 18.5 Å². The van der Waals surface area contributed by atoms with Gasteiger partial charge in [0, 0.05) is 0 Å². The van der Waals surface area contributed by atoms with Crippen molar-refractivity contribution in [1.82, 2.24) is 0 Å². The van der Waals surface area contributed by atoms with Crippen LogP contribution in [0, 0.1) is 11.8 Å². The molecular weight excluding hydrogens is 280 g/mol. The Morgan fingerprint density at radius 2 is 1.95 bits per heavy atom. The van der Waals surface area contributed by atoms with Crippen LogP contribution in [0.1, 0.15) is 32.3 Å². The summed E-state index contributed by atoms with van der Waals surface area (Å²) in [6.45, 7) is 4.06. The summed E-state index contributed by atoms with van der Waals surface area (Å²) >= 11 is 0. The van der Waals surface area contributed by atoms with Gasteiger partial charge in [0.2, 0.25) is 5.76 Å². The Morgan fingerprint density at radius 1 is 1.23 bits per heavy atom. The van der Waals surface area contributed by atoms with Crippen LogP contribution < -0.4 is 0 Å². The monoisotopic (exact) mass is 302 g/mol. The highest BCUT2D eigenvalue weighted by molar-refractivity contribution is 5.91. The van der Waals surface area contributed by atoms with Crippen molar-refractivity contribution in [3.8, 4) is 0 Å². The lowest BCUT2D eigenvalue weighted by Crippen LogP contribution is -2.33. The molecule has 0 saturated heterocycles. The lowest BCUT2D eigenvalue weighted by molar-refractivity contribution is -0.156. The van der Waals surface area contributed by atoms with E-state index in [4.69, 9.17) is 9.47 Å². The average molecular weight is 302 g/mol. The van der Waals surface area contributed by atoms with E-state index in [1.54, 1.807) is 13.0 Å². The molecule has 2 rings (SSSR count). The van der Waals surface area contributed by atoms with Gasteiger partial charge in [-0.3, -0.25) is 4.79 Å². The van der Waals surface area contributed by atoms with E-state index >= 15 is 0 Å². The third-order valence-corrected chi connectivity index (χ3v) is 3.79. The summed E-state index contributed by atoms with van der Waals surface area (Å²) in [5.41, 5.74) is 1.10. The Bertz CT molecular complexity index is 547. The molecule has 118 valence electrons. The van der Waals surface area contributed by atoms with Gasteiger partial charge >= 0.3 is 11.9 Å². The maximum absolute atomic E-state index is 12.3. The summed E-state index contributed by atoms with van der Waals surface area (Å²) in [7, 11) is 0. The summed E-state index contributed by atoms with van der Waals surface area (Å²) in [6, 6.07) is 9.86. The zero-order valence-corrected chi connectivity index (χ0v) is 13.1. The van der Waals surface area contributed by atoms with E-state index in [-0.39, 0.29) is 30.2 Å². The molecule has 4 nitrogen and oxygen atoms in total. The number of carbonyl (C=O) groups is 2. The maximum Gasteiger partial charge on any atom is 0.374 e. The van der Waals surface area contributed by atoms with Gasteiger partial charge in [0.05, 0.1) is 12.5 Å². The van der Waals surface area contributed by atoms with Crippen LogP contribution in [-0.2, 0) is 25.5 Å². The minimum atomic E-state index is -0.560. The van der Waals surface area contributed by atoms with Gasteiger partial charge in [-0.15, -0.1) is 0 Å². The standard InChI is InChI=1S/C18H22O4/c1-3-8-14-12-16(18(20)21-4-2)22-17(19)15(14)11-13-9-6-5-7-10-13/h5-7,9-10,12,14-15H,3-4,8,11H2,1-2H3/t14-,15-/m0/s1. The average Bonchev–Trinajstić information content (AvgIpc) is 2.52. The first-order valence-corrected chi connectivity index (χ1v) is 7.80. The zero-order valence-electron chi connectivity index (χ0n) is 13.1. The zero-order chi connectivity index (χ0) is 15.9. The van der Waals surface area contributed by atoms with Crippen molar-refractivity contribution in [1.29, 1.82) is 0 Å². The van der Waals surface area contributed by atoms with Gasteiger partial charge in [0.25, 0.3) is 0 Å². The topological polar surface area (TPSA) is 52.6 Å². The summed E-state index contributed by atoms with van der Waals surface area (Å²) in [5.74, 6) is -1.11. The van der Waals surface area contributed by atoms with E-state index in [0.717, 1.165) is 18.4 Å². The molecule has 1 aromatic rings. The number of hydrogen-bond donors (Lipinski definition) is 0. The quantitative estimate of drug-likeness (QED) is 0.757. The predicted octanol–water partition coefficient (Wildman–Crippen LogP) is 3.27. The van der Waals surface area contributed by atoms with Crippen molar-refractivity contribution < 1.29 is 19.1 Å². The van der Waals surface area contributed by atoms with Crippen molar-refractivity contribution in [2.24, 2.45) is 11.8 Å². The molecule has 2 atom stereocenters. The normalized spacial score (nSPS) is 21.0. The first-order valence-electron chi connectivity index (χ1n) is 7.80. The predicted molar refractivity (Wildman–Crippen MR) is 82.8 cm³/mol. The molecule has 22 heavy (non-hydrogen) atoms. The van der Waals surface area contributed by atoms with Crippen LogP contribution in [0.5, 0.6) is 0 Å². The number of benzene rings is 1. The third-order valence-electron chi connectivity index (χ3n) is 3.79. The van der Waals surface area contributed by atoms with E-state index < -0.39 is 5.97 Å². The highest BCUT2D eigenvalue weighted by atomic mass is 16.6. The van der Waals surface area contributed by atoms with Crippen molar-refractivity contribution in [3.63, 3.8) is 0 Å². The molecule has 0 aliphatic carbocycles. The Kier molecular flexibility index (Phi) is 5.75. The van der Waals surface area contributed by atoms with Gasteiger partial charge < -0.3 is 9.47 Å². The van der Waals surface area contributed by atoms with Gasteiger partial charge in [-0.1, -0.05) is 43.7 Å². The molecule has 4 heteroatoms. The fraction of sp³-hybridized carbons (Fsp3) is 0.444. The second kappa shape index (κ2) is 7.78. The van der Waals surface area contributed by atoms with Crippen molar-refractivity contribution in [3.05, 3.63) is 47.7 Å². The van der Waals surface area contributed by atoms with Crippen molar-refractivity contribution in [2.75, 3.05) is 6.61 Å². The van der Waals surface area contributed by atoms with Crippen LogP contribution in [0.4, 0.5) is 0 Å². The molecule has 1 heterocycles. The minimum Gasteiger partial charge on any atom is -0.460 e. The van der Waals surface area contributed by atoms with E-state index in [1.165, 1.54) is 0 Å². The molecule has 1 aromatic carbocycles. The number of allylic oxidation sites excluding steroid dienone is 1. The lowest BCUT2D eigenvalue weighted by atomic mass is 9.82. The number of rotatable bonds is 6. The second-order valence-electron chi connectivity index (χ2n) is 5.42. The smallest absolute Gasteiger partial charge is 0.374 e. The van der Waals surface area contributed by atoms with E-state index in [0.29, 0.717) is 6.42 Å². The SMILES string of the molecule is CCC[C@H]1C=C(C(=O)OCC)OC(=O)[C@H]1Cc1ccccc1. The van der Waals surface area contributed by atoms with Gasteiger partial charge in [-0.25, -0.2) is 4.79 Å². The van der Waals surface area contributed by atoms with E-state index in [9.17, 15) is 9.59 Å². The highest BCUT2D eigenvalue weighted by Gasteiger charge is 2.35. The number of hydrogen-bond acceptors (Lipinski definition) is 4. The summed E-state index contributed by atoms with van der Waals surface area (Å²) in [4.78, 5) is 24.1. The molecule has 0 bridgehead atoms. The lowest BCUT2D eigenvalue weighted by Gasteiger charge is -2.28. The Morgan fingerprint density at radius 3 is 2.59 bits per heavy atom. The number of cyclic esters (lactones) is 1. The number of esters is 2. The van der Waals surface area contributed by atoms with Crippen LogP contribution in [0.15, 0.2) is 42.2 Å². The molecule has 0 amide bonds. The van der Waals surface area contributed by atoms with E-state index in [1.807, 2.05) is 30.3 Å². The molecule has 0 aromatic heterocycles. The number of carbonyl (C=O) groups excluding carboxylic acids is 2. The van der Waals surface area contributed by atoms with Crippen molar-refractivity contribution in [2.45, 2.75) is 33.1 Å². The van der Waals surface area contributed by atoms with Gasteiger partial charge in [0.15, 0.2) is 0 Å². The van der Waals surface area contributed by atoms with Crippen LogP contribution in [0.3, 0.4) is 0 Å². The fourth-order valence-corrected chi connectivity index (χ4v) is 2.74. The second-order valence-corrected chi connectivity index (χ2v) is 5.42. The first kappa shape index (κ1) is 16.3. The molecule has 0 fully saturated rings. The van der Waals surface area contributed by atoms with Gasteiger partial charge in [-0.2, -0.15) is 0 Å². The largest absolute Gasteiger partial charge is 0.460 e. The molecule has 1 aliphatic heterocycles. The molecular formula is C18H22O4. The molecule has 0 spiro atoms. The van der Waals surface area contributed by atoms with Gasteiger partial charge in [-0.05, 0) is 37.3 Å². The Balaban J connectivity index is 2.19. The minimum absolute atomic E-state index is 0.00543. The van der Waals surface area contributed by atoms with Crippen LogP contribution in [0.2, 0.25) is 0 Å².